The number of thiazole rings is 1. The Balaban J connectivity index is 1.39. The molecule has 164 valence electrons. The van der Waals surface area contributed by atoms with Crippen LogP contribution in [0.4, 0.5) is 0 Å². The van der Waals surface area contributed by atoms with Crippen molar-refractivity contribution in [2.75, 3.05) is 0 Å². The molecule has 4 aromatic rings. The number of nitrogens with zero attached hydrogens (tertiary/aromatic N) is 2. The Labute approximate surface area is 189 Å². The maximum Gasteiger partial charge on any atom is 0.271 e. The van der Waals surface area contributed by atoms with E-state index in [1.807, 2.05) is 36.4 Å². The molecule has 0 atom stereocenters. The van der Waals surface area contributed by atoms with E-state index in [4.69, 9.17) is 8.83 Å². The third-order valence-electron chi connectivity index (χ3n) is 4.86. The predicted octanol–water partition coefficient (Wildman–Crippen LogP) is 4.42. The molecular weight excluding hydrogens is 426 g/mol. The zero-order valence-corrected chi connectivity index (χ0v) is 18.2. The summed E-state index contributed by atoms with van der Waals surface area (Å²) in [5.41, 5.74) is 1.44. The van der Waals surface area contributed by atoms with Gasteiger partial charge < -0.3 is 19.1 Å². The quantitative estimate of drug-likeness (QED) is 0.387. The van der Waals surface area contributed by atoms with Gasteiger partial charge in [-0.05, 0) is 36.2 Å². The standard InChI is InChI=1S/C24H23N3O4S/c28-23(11-10-18-6-2-1-3-7-18)27(15-20-9-5-13-31-20)16-22-26-21(17-32-22)24(29)25-14-19-8-4-12-30-19/h1-9,12-13,17H,10-11,14-16H2,(H,25,29). The number of nitrogens with one attached hydrogen (secondary N) is 1. The number of rotatable bonds is 10. The number of hydrogen-bond donors (Lipinski definition) is 1. The van der Waals surface area contributed by atoms with Crippen molar-refractivity contribution in [3.8, 4) is 0 Å². The summed E-state index contributed by atoms with van der Waals surface area (Å²) in [6.45, 7) is 0.950. The van der Waals surface area contributed by atoms with Gasteiger partial charge in [0.1, 0.15) is 22.2 Å². The average molecular weight is 450 g/mol. The summed E-state index contributed by atoms with van der Waals surface area (Å²) >= 11 is 1.35. The van der Waals surface area contributed by atoms with Crippen molar-refractivity contribution in [3.05, 3.63) is 100 Å². The summed E-state index contributed by atoms with van der Waals surface area (Å²) in [5, 5.41) is 5.17. The molecule has 0 unspecified atom stereocenters. The lowest BCUT2D eigenvalue weighted by atomic mass is 10.1. The topological polar surface area (TPSA) is 88.6 Å². The molecule has 2 amide bonds. The number of aromatic nitrogens is 1. The molecule has 32 heavy (non-hydrogen) atoms. The maximum absolute atomic E-state index is 13.0. The third-order valence-corrected chi connectivity index (χ3v) is 5.70. The van der Waals surface area contributed by atoms with Gasteiger partial charge in [-0.3, -0.25) is 9.59 Å². The second-order valence-electron chi connectivity index (χ2n) is 7.20. The monoisotopic (exact) mass is 449 g/mol. The highest BCUT2D eigenvalue weighted by atomic mass is 32.1. The Kier molecular flexibility index (Phi) is 7.14. The van der Waals surface area contributed by atoms with Crippen LogP contribution in [0.5, 0.6) is 0 Å². The Hall–Kier alpha value is -3.65. The fourth-order valence-corrected chi connectivity index (χ4v) is 3.99. The van der Waals surface area contributed by atoms with Crippen molar-refractivity contribution in [2.45, 2.75) is 32.5 Å². The molecule has 0 spiro atoms. The van der Waals surface area contributed by atoms with Crippen LogP contribution in [0.2, 0.25) is 0 Å². The van der Waals surface area contributed by atoms with Crippen molar-refractivity contribution in [1.29, 1.82) is 0 Å². The Bertz CT molecular complexity index is 1120. The van der Waals surface area contributed by atoms with Crippen LogP contribution >= 0.6 is 11.3 Å². The summed E-state index contributed by atoms with van der Waals surface area (Å²) in [6.07, 6.45) is 4.19. The molecule has 0 bridgehead atoms. The SMILES string of the molecule is O=C(NCc1ccco1)c1csc(CN(Cc2ccco2)C(=O)CCc2ccccc2)n1. The molecule has 0 fully saturated rings. The molecule has 3 heterocycles. The Morgan fingerprint density at radius 2 is 1.69 bits per heavy atom. The van der Waals surface area contributed by atoms with Gasteiger partial charge in [0.05, 0.1) is 32.2 Å². The number of amides is 2. The number of aryl methyl sites for hydroxylation is 1. The largest absolute Gasteiger partial charge is 0.467 e. The zero-order valence-electron chi connectivity index (χ0n) is 17.4. The zero-order chi connectivity index (χ0) is 22.2. The van der Waals surface area contributed by atoms with Crippen molar-refractivity contribution in [1.82, 2.24) is 15.2 Å². The molecule has 8 heteroatoms. The van der Waals surface area contributed by atoms with Gasteiger partial charge in [0.15, 0.2) is 0 Å². The molecule has 1 N–H and O–H groups in total. The number of benzene rings is 1. The van der Waals surface area contributed by atoms with Crippen LogP contribution in [0.15, 0.2) is 81.3 Å². The van der Waals surface area contributed by atoms with Gasteiger partial charge in [0.2, 0.25) is 5.91 Å². The van der Waals surface area contributed by atoms with Gasteiger partial charge in [-0.25, -0.2) is 4.98 Å². The van der Waals surface area contributed by atoms with E-state index in [9.17, 15) is 9.59 Å². The number of furan rings is 2. The second kappa shape index (κ2) is 10.6. The summed E-state index contributed by atoms with van der Waals surface area (Å²) in [4.78, 5) is 31.5. The van der Waals surface area contributed by atoms with Crippen LogP contribution in [0.1, 0.15) is 39.0 Å². The minimum atomic E-state index is -0.281. The van der Waals surface area contributed by atoms with Crippen LogP contribution in [0.25, 0.3) is 0 Å². The molecule has 0 aliphatic carbocycles. The summed E-state index contributed by atoms with van der Waals surface area (Å²) < 4.78 is 10.7. The normalized spacial score (nSPS) is 10.8. The maximum atomic E-state index is 13.0. The molecule has 0 saturated heterocycles. The lowest BCUT2D eigenvalue weighted by Gasteiger charge is -2.20. The van der Waals surface area contributed by atoms with Crippen LogP contribution in [-0.2, 0) is 30.8 Å². The fraction of sp³-hybridized carbons (Fsp3) is 0.208. The van der Waals surface area contributed by atoms with Crippen molar-refractivity contribution in [2.24, 2.45) is 0 Å². The predicted molar refractivity (Wildman–Crippen MR) is 120 cm³/mol. The third kappa shape index (κ3) is 5.95. The summed E-state index contributed by atoms with van der Waals surface area (Å²) in [7, 11) is 0. The first-order chi connectivity index (χ1) is 15.7. The number of carbonyl (C=O) groups excluding carboxylic acids is 2. The van der Waals surface area contributed by atoms with Crippen LogP contribution in [0.3, 0.4) is 0 Å². The minimum absolute atomic E-state index is 0.00396. The van der Waals surface area contributed by atoms with E-state index in [0.717, 1.165) is 5.56 Å². The lowest BCUT2D eigenvalue weighted by molar-refractivity contribution is -0.132. The number of carbonyl (C=O) groups is 2. The van der Waals surface area contributed by atoms with Gasteiger partial charge in [-0.1, -0.05) is 30.3 Å². The van der Waals surface area contributed by atoms with Crippen molar-refractivity contribution in [3.63, 3.8) is 0 Å². The molecule has 0 aliphatic heterocycles. The summed E-state index contributed by atoms with van der Waals surface area (Å²) in [5.74, 6) is 1.09. The molecule has 0 radical (unpaired) electrons. The molecular formula is C24H23N3O4S. The van der Waals surface area contributed by atoms with Crippen molar-refractivity contribution >= 4 is 23.2 Å². The van der Waals surface area contributed by atoms with E-state index < -0.39 is 0 Å². The molecule has 1 aromatic carbocycles. The molecule has 3 aromatic heterocycles. The van der Waals surface area contributed by atoms with E-state index in [-0.39, 0.29) is 11.8 Å². The van der Waals surface area contributed by atoms with E-state index in [0.29, 0.717) is 54.7 Å². The second-order valence-corrected chi connectivity index (χ2v) is 8.15. The van der Waals surface area contributed by atoms with Crippen LogP contribution in [0, 0.1) is 0 Å². The first kappa shape index (κ1) is 21.6. The van der Waals surface area contributed by atoms with Crippen LogP contribution < -0.4 is 5.32 Å². The van der Waals surface area contributed by atoms with E-state index >= 15 is 0 Å². The first-order valence-corrected chi connectivity index (χ1v) is 11.1. The highest BCUT2D eigenvalue weighted by Gasteiger charge is 2.19. The smallest absolute Gasteiger partial charge is 0.271 e. The molecule has 0 aliphatic rings. The molecule has 7 nitrogen and oxygen atoms in total. The minimum Gasteiger partial charge on any atom is -0.467 e. The van der Waals surface area contributed by atoms with Gasteiger partial charge >= 0.3 is 0 Å². The first-order valence-electron chi connectivity index (χ1n) is 10.3. The lowest BCUT2D eigenvalue weighted by Crippen LogP contribution is -2.30. The number of hydrogen-bond acceptors (Lipinski definition) is 6. The Morgan fingerprint density at radius 3 is 2.41 bits per heavy atom. The molecule has 4 rings (SSSR count). The average Bonchev–Trinajstić information content (AvgIpc) is 3.59. The van der Waals surface area contributed by atoms with Gasteiger partial charge in [-0.2, -0.15) is 0 Å². The van der Waals surface area contributed by atoms with E-state index in [2.05, 4.69) is 10.3 Å². The summed E-state index contributed by atoms with van der Waals surface area (Å²) in [6, 6.07) is 17.1. The van der Waals surface area contributed by atoms with Gasteiger partial charge in [-0.15, -0.1) is 11.3 Å². The van der Waals surface area contributed by atoms with Gasteiger partial charge in [0.25, 0.3) is 5.91 Å². The van der Waals surface area contributed by atoms with Crippen molar-refractivity contribution < 1.29 is 18.4 Å². The van der Waals surface area contributed by atoms with E-state index in [1.165, 1.54) is 11.3 Å². The Morgan fingerprint density at radius 1 is 0.938 bits per heavy atom. The van der Waals surface area contributed by atoms with Gasteiger partial charge in [0, 0.05) is 11.8 Å². The van der Waals surface area contributed by atoms with Crippen LogP contribution in [-0.4, -0.2) is 21.7 Å². The molecule has 0 saturated carbocycles. The highest BCUT2D eigenvalue weighted by Crippen LogP contribution is 2.17. The van der Waals surface area contributed by atoms with E-state index in [1.54, 1.807) is 41.0 Å². The highest BCUT2D eigenvalue weighted by molar-refractivity contribution is 7.09. The fourth-order valence-electron chi connectivity index (χ4n) is 3.20.